The van der Waals surface area contributed by atoms with Crippen molar-refractivity contribution in [2.24, 2.45) is 11.7 Å². The second-order valence-corrected chi connectivity index (χ2v) is 4.51. The van der Waals surface area contributed by atoms with E-state index in [9.17, 15) is 9.59 Å². The van der Waals surface area contributed by atoms with Gasteiger partial charge in [0.15, 0.2) is 0 Å². The molecular weight excluding hydrogens is 236 g/mol. The number of nitrogens with zero attached hydrogens (tertiary/aromatic N) is 1. The lowest BCUT2D eigenvalue weighted by molar-refractivity contribution is 0.0655. The van der Waals surface area contributed by atoms with Crippen LogP contribution in [0, 0.1) is 5.92 Å². The average molecular weight is 260 g/mol. The number of carbonyl (C=O) groups excluding carboxylic acids is 2. The van der Waals surface area contributed by atoms with Crippen molar-refractivity contribution in [3.05, 3.63) is 0 Å². The molecule has 0 aromatic carbocycles. The van der Waals surface area contributed by atoms with Gasteiger partial charge in [-0.25, -0.2) is 9.59 Å². The molecule has 0 aliphatic heterocycles. The van der Waals surface area contributed by atoms with Crippen molar-refractivity contribution >= 4 is 12.2 Å². The maximum absolute atomic E-state index is 11.5. The van der Waals surface area contributed by atoms with Crippen LogP contribution in [-0.4, -0.2) is 42.9 Å². The van der Waals surface area contributed by atoms with Crippen molar-refractivity contribution in [2.45, 2.75) is 46.3 Å². The van der Waals surface area contributed by atoms with Gasteiger partial charge < -0.3 is 20.1 Å². The molecule has 0 heterocycles. The van der Waals surface area contributed by atoms with E-state index in [2.05, 4.69) is 0 Å². The zero-order valence-corrected chi connectivity index (χ0v) is 11.8. The summed E-state index contributed by atoms with van der Waals surface area (Å²) in [6, 6.07) is -0.00187. The van der Waals surface area contributed by atoms with Gasteiger partial charge in [0.05, 0.1) is 6.61 Å². The molecule has 0 aliphatic rings. The maximum atomic E-state index is 11.5. The Morgan fingerprint density at radius 3 is 2.28 bits per heavy atom. The number of nitrogens with two attached hydrogens (primary N) is 1. The van der Waals surface area contributed by atoms with Crippen LogP contribution in [0.5, 0.6) is 0 Å². The Labute approximate surface area is 108 Å². The highest BCUT2D eigenvalue weighted by atomic mass is 16.6. The maximum Gasteiger partial charge on any atom is 0.409 e. The van der Waals surface area contributed by atoms with Crippen LogP contribution >= 0.6 is 0 Å². The third-order valence-corrected chi connectivity index (χ3v) is 3.03. The minimum absolute atomic E-state index is 0.00187. The lowest BCUT2D eigenvalue weighted by Crippen LogP contribution is -2.38. The van der Waals surface area contributed by atoms with Crippen LogP contribution in [0.1, 0.15) is 34.1 Å². The van der Waals surface area contributed by atoms with Gasteiger partial charge in [-0.2, -0.15) is 0 Å². The van der Waals surface area contributed by atoms with Gasteiger partial charge in [-0.1, -0.05) is 6.92 Å². The van der Waals surface area contributed by atoms with Crippen LogP contribution < -0.4 is 5.73 Å². The van der Waals surface area contributed by atoms with E-state index in [0.717, 1.165) is 0 Å². The Morgan fingerprint density at radius 2 is 1.83 bits per heavy atom. The Hall–Kier alpha value is -1.46. The first-order chi connectivity index (χ1) is 8.29. The Balaban J connectivity index is 4.24. The van der Waals surface area contributed by atoms with Crippen LogP contribution in [0.3, 0.4) is 0 Å². The van der Waals surface area contributed by atoms with Crippen LogP contribution in [-0.2, 0) is 9.47 Å². The molecular formula is C12H24N2O4. The SMILES string of the molecule is CCOC(=O)N(C)C(C)CC(C)C(C)OC(N)=O. The van der Waals surface area contributed by atoms with E-state index < -0.39 is 6.09 Å². The van der Waals surface area contributed by atoms with Gasteiger partial charge in [-0.05, 0) is 33.1 Å². The summed E-state index contributed by atoms with van der Waals surface area (Å²) in [5.74, 6) is 0.101. The van der Waals surface area contributed by atoms with Crippen molar-refractivity contribution in [3.63, 3.8) is 0 Å². The van der Waals surface area contributed by atoms with E-state index in [0.29, 0.717) is 13.0 Å². The largest absolute Gasteiger partial charge is 0.450 e. The molecule has 0 spiro atoms. The molecule has 0 bridgehead atoms. The second-order valence-electron chi connectivity index (χ2n) is 4.51. The third kappa shape index (κ3) is 5.75. The van der Waals surface area contributed by atoms with Gasteiger partial charge in [-0.3, -0.25) is 0 Å². The number of hydrogen-bond donors (Lipinski definition) is 1. The van der Waals surface area contributed by atoms with Gasteiger partial charge in [0.2, 0.25) is 0 Å². The predicted molar refractivity (Wildman–Crippen MR) is 68.2 cm³/mol. The lowest BCUT2D eigenvalue weighted by Gasteiger charge is -2.28. The van der Waals surface area contributed by atoms with Crippen molar-refractivity contribution in [3.8, 4) is 0 Å². The summed E-state index contributed by atoms with van der Waals surface area (Å²) in [5.41, 5.74) is 4.96. The number of ether oxygens (including phenoxy) is 2. The molecule has 6 heteroatoms. The minimum atomic E-state index is -0.777. The summed E-state index contributed by atoms with van der Waals surface area (Å²) in [6.45, 7) is 7.77. The summed E-state index contributed by atoms with van der Waals surface area (Å²) in [6.07, 6.45) is -0.703. The number of carbonyl (C=O) groups is 2. The smallest absolute Gasteiger partial charge is 0.409 e. The summed E-state index contributed by atoms with van der Waals surface area (Å²) < 4.78 is 9.82. The highest BCUT2D eigenvalue weighted by Gasteiger charge is 2.23. The van der Waals surface area contributed by atoms with Crippen molar-refractivity contribution < 1.29 is 19.1 Å². The molecule has 0 saturated carbocycles. The van der Waals surface area contributed by atoms with Gasteiger partial charge in [0, 0.05) is 13.1 Å². The molecule has 0 aromatic heterocycles. The molecule has 18 heavy (non-hydrogen) atoms. The highest BCUT2D eigenvalue weighted by Crippen LogP contribution is 2.17. The molecule has 3 unspecified atom stereocenters. The van der Waals surface area contributed by atoms with Crippen molar-refractivity contribution in [1.29, 1.82) is 0 Å². The van der Waals surface area contributed by atoms with Gasteiger partial charge >= 0.3 is 12.2 Å². The molecule has 0 rings (SSSR count). The number of amides is 2. The first-order valence-electron chi connectivity index (χ1n) is 6.15. The first-order valence-corrected chi connectivity index (χ1v) is 6.15. The Kier molecular flexibility index (Phi) is 7.16. The van der Waals surface area contributed by atoms with Gasteiger partial charge in [0.1, 0.15) is 6.10 Å². The number of primary amides is 1. The minimum Gasteiger partial charge on any atom is -0.450 e. The average Bonchev–Trinajstić information content (AvgIpc) is 2.27. The third-order valence-electron chi connectivity index (χ3n) is 3.03. The fraction of sp³-hybridized carbons (Fsp3) is 0.833. The molecule has 0 fully saturated rings. The van der Waals surface area contributed by atoms with Crippen LogP contribution in [0.15, 0.2) is 0 Å². The van der Waals surface area contributed by atoms with Crippen LogP contribution in [0.2, 0.25) is 0 Å². The quantitative estimate of drug-likeness (QED) is 0.791. The molecule has 2 N–H and O–H groups in total. The van der Waals surface area contributed by atoms with Gasteiger partial charge in [0.25, 0.3) is 0 Å². The normalized spacial score (nSPS) is 15.4. The summed E-state index contributed by atoms with van der Waals surface area (Å²) >= 11 is 0. The standard InChI is InChI=1S/C12H24N2O4/c1-6-17-12(16)14(5)9(3)7-8(2)10(4)18-11(13)15/h8-10H,6-7H2,1-5H3,(H2,13,15). The van der Waals surface area contributed by atoms with E-state index in [1.54, 1.807) is 20.9 Å². The molecule has 0 aliphatic carbocycles. The second kappa shape index (κ2) is 7.79. The Morgan fingerprint density at radius 1 is 1.28 bits per heavy atom. The summed E-state index contributed by atoms with van der Waals surface area (Å²) in [5, 5.41) is 0. The molecule has 0 saturated heterocycles. The van der Waals surface area contributed by atoms with E-state index in [-0.39, 0.29) is 24.2 Å². The molecule has 3 atom stereocenters. The molecule has 0 radical (unpaired) electrons. The molecule has 6 nitrogen and oxygen atoms in total. The Bertz CT molecular complexity index is 283. The van der Waals surface area contributed by atoms with E-state index >= 15 is 0 Å². The topological polar surface area (TPSA) is 81.9 Å². The zero-order chi connectivity index (χ0) is 14.3. The van der Waals surface area contributed by atoms with Crippen LogP contribution in [0.25, 0.3) is 0 Å². The molecule has 2 amide bonds. The predicted octanol–water partition coefficient (Wildman–Crippen LogP) is 1.97. The highest BCUT2D eigenvalue weighted by molar-refractivity contribution is 5.67. The first kappa shape index (κ1) is 16.5. The fourth-order valence-corrected chi connectivity index (χ4v) is 1.59. The van der Waals surface area contributed by atoms with Crippen molar-refractivity contribution in [1.82, 2.24) is 4.90 Å². The number of rotatable bonds is 6. The van der Waals surface area contributed by atoms with Gasteiger partial charge in [-0.15, -0.1) is 0 Å². The summed E-state index contributed by atoms with van der Waals surface area (Å²) in [4.78, 5) is 23.7. The lowest BCUT2D eigenvalue weighted by atomic mass is 9.97. The zero-order valence-electron chi connectivity index (χ0n) is 11.8. The van der Waals surface area contributed by atoms with E-state index in [1.807, 2.05) is 13.8 Å². The fourth-order valence-electron chi connectivity index (χ4n) is 1.59. The monoisotopic (exact) mass is 260 g/mol. The number of hydrogen-bond acceptors (Lipinski definition) is 4. The van der Waals surface area contributed by atoms with Crippen molar-refractivity contribution in [2.75, 3.05) is 13.7 Å². The van der Waals surface area contributed by atoms with Crippen LogP contribution in [0.4, 0.5) is 9.59 Å². The summed E-state index contributed by atoms with van der Waals surface area (Å²) in [7, 11) is 1.69. The van der Waals surface area contributed by atoms with E-state index in [1.165, 1.54) is 4.90 Å². The molecule has 106 valence electrons. The van der Waals surface area contributed by atoms with E-state index in [4.69, 9.17) is 15.2 Å². The molecule has 0 aromatic rings.